The molecule has 0 unspecified atom stereocenters. The van der Waals surface area contributed by atoms with Crippen molar-refractivity contribution in [3.63, 3.8) is 0 Å². The maximum Gasteiger partial charge on any atom is 0.293 e. The van der Waals surface area contributed by atoms with E-state index in [9.17, 15) is 15.4 Å². The van der Waals surface area contributed by atoms with Crippen LogP contribution in [0, 0.1) is 55.9 Å². The summed E-state index contributed by atoms with van der Waals surface area (Å²) in [5.74, 6) is 2.41. The van der Waals surface area contributed by atoms with Crippen molar-refractivity contribution in [2.45, 2.75) is 51.5 Å². The average molecular weight is 350 g/mol. The van der Waals surface area contributed by atoms with Crippen LogP contribution in [0.15, 0.2) is 12.1 Å². The second-order valence-electron chi connectivity index (χ2n) is 8.54. The molecular weight excluding hydrogens is 328 g/mol. The van der Waals surface area contributed by atoms with E-state index in [1.807, 2.05) is 12.1 Å². The van der Waals surface area contributed by atoms with E-state index in [0.717, 1.165) is 17.8 Å². The highest BCUT2D eigenvalue weighted by molar-refractivity contribution is 5.69. The van der Waals surface area contributed by atoms with Gasteiger partial charge in [-0.1, -0.05) is 0 Å². The maximum absolute atomic E-state index is 11.5. The van der Waals surface area contributed by atoms with Crippen molar-refractivity contribution in [2.24, 2.45) is 23.2 Å². The van der Waals surface area contributed by atoms with Crippen LogP contribution in [0.25, 0.3) is 0 Å². The molecule has 26 heavy (non-hydrogen) atoms. The number of nitro groups is 1. The van der Waals surface area contributed by atoms with Gasteiger partial charge in [0.15, 0.2) is 0 Å². The van der Waals surface area contributed by atoms with Crippen LogP contribution in [0.1, 0.15) is 56.6 Å². The number of nitrogens with zero attached hydrogens (tertiary/aromatic N) is 3. The third kappa shape index (κ3) is 2.61. The SMILES string of the molecule is C[C@@H](Nc1cc(C#N)c(C#N)cc1[N+](=O)[O-])C12CC3CC(CC(C3)C1)C2. The maximum atomic E-state index is 11.5. The molecule has 134 valence electrons. The van der Waals surface area contributed by atoms with Crippen LogP contribution in [0.3, 0.4) is 0 Å². The third-order valence-corrected chi connectivity index (χ3v) is 6.95. The molecule has 1 N–H and O–H groups in total. The molecule has 0 saturated heterocycles. The fourth-order valence-corrected chi connectivity index (χ4v) is 6.13. The lowest BCUT2D eigenvalue weighted by molar-refractivity contribution is -0.384. The first-order valence-corrected chi connectivity index (χ1v) is 9.33. The van der Waals surface area contributed by atoms with Gasteiger partial charge in [-0.05, 0) is 74.7 Å². The van der Waals surface area contributed by atoms with Gasteiger partial charge in [-0.15, -0.1) is 0 Å². The van der Waals surface area contributed by atoms with Gasteiger partial charge in [0.25, 0.3) is 5.69 Å². The van der Waals surface area contributed by atoms with E-state index in [-0.39, 0.29) is 28.3 Å². The van der Waals surface area contributed by atoms with Gasteiger partial charge in [-0.2, -0.15) is 10.5 Å². The molecule has 4 bridgehead atoms. The van der Waals surface area contributed by atoms with E-state index < -0.39 is 4.92 Å². The van der Waals surface area contributed by atoms with Crippen LogP contribution in [0.5, 0.6) is 0 Å². The number of nitro benzene ring substituents is 1. The van der Waals surface area contributed by atoms with Gasteiger partial charge in [0.2, 0.25) is 0 Å². The Labute approximate surface area is 153 Å². The Hall–Kier alpha value is -2.60. The molecule has 4 saturated carbocycles. The fraction of sp³-hybridized carbons (Fsp3) is 0.600. The minimum Gasteiger partial charge on any atom is -0.376 e. The van der Waals surface area contributed by atoms with Crippen LogP contribution < -0.4 is 5.32 Å². The highest BCUT2D eigenvalue weighted by Crippen LogP contribution is 2.61. The summed E-state index contributed by atoms with van der Waals surface area (Å²) in [4.78, 5) is 11.0. The Kier molecular flexibility index (Phi) is 3.88. The van der Waals surface area contributed by atoms with E-state index >= 15 is 0 Å². The van der Waals surface area contributed by atoms with Crippen molar-refractivity contribution in [1.82, 2.24) is 0 Å². The first-order chi connectivity index (χ1) is 12.4. The summed E-state index contributed by atoms with van der Waals surface area (Å²) < 4.78 is 0. The smallest absolute Gasteiger partial charge is 0.293 e. The summed E-state index contributed by atoms with van der Waals surface area (Å²) in [6.07, 6.45) is 7.64. The van der Waals surface area contributed by atoms with Crippen molar-refractivity contribution < 1.29 is 4.92 Å². The molecular formula is C20H22N4O2. The van der Waals surface area contributed by atoms with E-state index in [1.165, 1.54) is 50.7 Å². The van der Waals surface area contributed by atoms with Gasteiger partial charge >= 0.3 is 0 Å². The van der Waals surface area contributed by atoms with Crippen molar-refractivity contribution in [2.75, 3.05) is 5.32 Å². The lowest BCUT2D eigenvalue weighted by atomic mass is 9.48. The molecule has 6 nitrogen and oxygen atoms in total. The molecule has 0 heterocycles. The van der Waals surface area contributed by atoms with Crippen molar-refractivity contribution >= 4 is 11.4 Å². The molecule has 5 rings (SSSR count). The largest absolute Gasteiger partial charge is 0.376 e. The standard InChI is InChI=1S/C20H22N4O2/c1-12(20-7-13-2-14(8-20)4-15(3-13)9-20)23-18-5-16(10-21)17(11-22)6-19(18)24(25)26/h5-6,12-15,23H,2-4,7-9H2,1H3/t12-,13?,14?,15?,20?/m1/s1. The average Bonchev–Trinajstić information content (AvgIpc) is 2.59. The molecule has 0 radical (unpaired) electrons. The molecule has 6 heteroatoms. The normalized spacial score (nSPS) is 32.5. The van der Waals surface area contributed by atoms with E-state index in [4.69, 9.17) is 5.26 Å². The summed E-state index contributed by atoms with van der Waals surface area (Å²) in [7, 11) is 0. The van der Waals surface area contributed by atoms with Crippen molar-refractivity contribution in [3.05, 3.63) is 33.4 Å². The second kappa shape index (κ2) is 5.99. The zero-order chi connectivity index (χ0) is 18.5. The predicted molar refractivity (Wildman–Crippen MR) is 96.2 cm³/mol. The number of anilines is 1. The molecule has 0 aromatic heterocycles. The molecule has 1 aromatic rings. The zero-order valence-electron chi connectivity index (χ0n) is 14.9. The summed E-state index contributed by atoms with van der Waals surface area (Å²) in [5, 5.41) is 33.3. The molecule has 1 atom stereocenters. The summed E-state index contributed by atoms with van der Waals surface area (Å²) in [5.41, 5.74) is 0.653. The number of hydrogen-bond acceptors (Lipinski definition) is 5. The van der Waals surface area contributed by atoms with Gasteiger partial charge in [0.1, 0.15) is 17.8 Å². The number of benzene rings is 1. The number of rotatable bonds is 4. The Balaban J connectivity index is 1.66. The highest BCUT2D eigenvalue weighted by atomic mass is 16.6. The third-order valence-electron chi connectivity index (χ3n) is 6.95. The lowest BCUT2D eigenvalue weighted by Crippen LogP contribution is -2.52. The van der Waals surface area contributed by atoms with Crippen LogP contribution >= 0.6 is 0 Å². The second-order valence-corrected chi connectivity index (χ2v) is 8.54. The highest BCUT2D eigenvalue weighted by Gasteiger charge is 2.53. The Morgan fingerprint density at radius 2 is 1.62 bits per heavy atom. The number of hydrogen-bond donors (Lipinski definition) is 1. The van der Waals surface area contributed by atoms with E-state index in [2.05, 4.69) is 12.2 Å². The molecule has 4 aliphatic rings. The van der Waals surface area contributed by atoms with Gasteiger partial charge in [0, 0.05) is 12.1 Å². The molecule has 4 fully saturated rings. The summed E-state index contributed by atoms with van der Waals surface area (Å²) in [6.45, 7) is 2.13. The van der Waals surface area contributed by atoms with Crippen LogP contribution in [0.4, 0.5) is 11.4 Å². The van der Waals surface area contributed by atoms with Crippen LogP contribution in [-0.4, -0.2) is 11.0 Å². The Morgan fingerprint density at radius 1 is 1.12 bits per heavy atom. The minimum absolute atomic E-state index is 0.0483. The molecule has 0 aliphatic heterocycles. The Bertz CT molecular complexity index is 813. The number of nitriles is 2. The van der Waals surface area contributed by atoms with Gasteiger partial charge in [0.05, 0.1) is 16.1 Å². The van der Waals surface area contributed by atoms with Crippen molar-refractivity contribution in [3.8, 4) is 12.1 Å². The molecule has 4 aliphatic carbocycles. The summed E-state index contributed by atoms with van der Waals surface area (Å²) in [6, 6.07) is 6.64. The van der Waals surface area contributed by atoms with Gasteiger partial charge in [-0.3, -0.25) is 10.1 Å². The fourth-order valence-electron chi connectivity index (χ4n) is 6.13. The molecule has 0 amide bonds. The van der Waals surface area contributed by atoms with Crippen LogP contribution in [-0.2, 0) is 0 Å². The number of nitrogens with one attached hydrogen (secondary N) is 1. The quantitative estimate of drug-likeness (QED) is 0.642. The predicted octanol–water partition coefficient (Wildman–Crippen LogP) is 4.35. The topological polar surface area (TPSA) is 103 Å². The van der Waals surface area contributed by atoms with Crippen molar-refractivity contribution in [1.29, 1.82) is 10.5 Å². The zero-order valence-corrected chi connectivity index (χ0v) is 14.9. The molecule has 1 aromatic carbocycles. The lowest BCUT2D eigenvalue weighted by Gasteiger charge is -2.59. The van der Waals surface area contributed by atoms with E-state index in [0.29, 0.717) is 5.69 Å². The molecule has 0 spiro atoms. The van der Waals surface area contributed by atoms with E-state index in [1.54, 1.807) is 0 Å². The van der Waals surface area contributed by atoms with Gasteiger partial charge < -0.3 is 5.32 Å². The monoisotopic (exact) mass is 350 g/mol. The van der Waals surface area contributed by atoms with Crippen LogP contribution in [0.2, 0.25) is 0 Å². The summed E-state index contributed by atoms with van der Waals surface area (Å²) >= 11 is 0. The minimum atomic E-state index is -0.475. The van der Waals surface area contributed by atoms with Gasteiger partial charge in [-0.25, -0.2) is 0 Å². The Morgan fingerprint density at radius 3 is 2.08 bits per heavy atom. The first-order valence-electron chi connectivity index (χ1n) is 9.33. The first kappa shape index (κ1) is 16.8.